The van der Waals surface area contributed by atoms with E-state index in [1.807, 2.05) is 0 Å². The van der Waals surface area contributed by atoms with Crippen LogP contribution < -0.4 is 0 Å². The molecular formula is C18H22O8. The van der Waals surface area contributed by atoms with Crippen LogP contribution in [0.3, 0.4) is 0 Å². The maximum atomic E-state index is 12.4. The van der Waals surface area contributed by atoms with E-state index in [0.717, 1.165) is 0 Å². The second kappa shape index (κ2) is 8.77. The summed E-state index contributed by atoms with van der Waals surface area (Å²) in [4.78, 5) is 35.4. The summed E-state index contributed by atoms with van der Waals surface area (Å²) in [6.45, 7) is 4.07. The van der Waals surface area contributed by atoms with Gasteiger partial charge in [-0.2, -0.15) is 0 Å². The Morgan fingerprint density at radius 3 is 2.00 bits per heavy atom. The summed E-state index contributed by atoms with van der Waals surface area (Å²) in [5.74, 6) is -1.84. The van der Waals surface area contributed by atoms with E-state index in [1.54, 1.807) is 37.3 Å². The summed E-state index contributed by atoms with van der Waals surface area (Å²) in [6.07, 6.45) is -4.76. The zero-order chi connectivity index (χ0) is 19.3. The van der Waals surface area contributed by atoms with Gasteiger partial charge < -0.3 is 23.7 Å². The fourth-order valence-electron chi connectivity index (χ4n) is 2.73. The number of hydrogen-bond acceptors (Lipinski definition) is 8. The Kier molecular flexibility index (Phi) is 6.70. The molecule has 8 heteroatoms. The Labute approximate surface area is 151 Å². The van der Waals surface area contributed by atoms with Crippen LogP contribution in [0, 0.1) is 0 Å². The van der Waals surface area contributed by atoms with Gasteiger partial charge in [0.05, 0.1) is 11.7 Å². The smallest absolute Gasteiger partial charge is 0.338 e. The third kappa shape index (κ3) is 4.80. The van der Waals surface area contributed by atoms with E-state index in [0.29, 0.717) is 5.56 Å². The molecule has 0 N–H and O–H groups in total. The summed E-state index contributed by atoms with van der Waals surface area (Å²) >= 11 is 0. The van der Waals surface area contributed by atoms with Crippen molar-refractivity contribution in [1.82, 2.24) is 0 Å². The van der Waals surface area contributed by atoms with Crippen LogP contribution in [0.25, 0.3) is 0 Å². The van der Waals surface area contributed by atoms with Gasteiger partial charge in [0.15, 0.2) is 24.6 Å². The van der Waals surface area contributed by atoms with Crippen molar-refractivity contribution in [2.24, 2.45) is 0 Å². The molecular weight excluding hydrogens is 344 g/mol. The second-order valence-corrected chi connectivity index (χ2v) is 5.83. The van der Waals surface area contributed by atoms with Gasteiger partial charge in [-0.3, -0.25) is 9.59 Å². The highest BCUT2D eigenvalue weighted by Gasteiger charge is 2.50. The van der Waals surface area contributed by atoms with Crippen molar-refractivity contribution in [2.75, 3.05) is 7.11 Å². The monoisotopic (exact) mass is 366 g/mol. The van der Waals surface area contributed by atoms with Gasteiger partial charge in [-0.15, -0.1) is 0 Å². The number of benzene rings is 1. The number of esters is 3. The summed E-state index contributed by atoms with van der Waals surface area (Å²) in [5, 5.41) is 0. The standard InChI is InChI=1S/C18H22O8/c1-10-14(26-17(21)13-8-6-5-7-9-13)15(24-11(2)19)16(25-12(3)20)18(22-4)23-10/h5-10,14-16,18H,1-4H3/t10-,14+,15+,16-,18+/m1/s1. The van der Waals surface area contributed by atoms with E-state index in [-0.39, 0.29) is 0 Å². The first kappa shape index (κ1) is 19.9. The first-order chi connectivity index (χ1) is 12.3. The van der Waals surface area contributed by atoms with Gasteiger partial charge in [0.1, 0.15) is 0 Å². The van der Waals surface area contributed by atoms with Crippen molar-refractivity contribution in [1.29, 1.82) is 0 Å². The van der Waals surface area contributed by atoms with Gasteiger partial charge in [-0.1, -0.05) is 18.2 Å². The molecule has 0 radical (unpaired) electrons. The zero-order valence-electron chi connectivity index (χ0n) is 15.0. The average Bonchev–Trinajstić information content (AvgIpc) is 2.60. The Balaban J connectivity index is 2.28. The molecule has 0 unspecified atom stereocenters. The van der Waals surface area contributed by atoms with E-state index in [1.165, 1.54) is 21.0 Å². The molecule has 8 nitrogen and oxygen atoms in total. The molecule has 1 fully saturated rings. The van der Waals surface area contributed by atoms with Crippen LogP contribution in [0.15, 0.2) is 30.3 Å². The third-order valence-electron chi connectivity index (χ3n) is 3.82. The van der Waals surface area contributed by atoms with Crippen molar-refractivity contribution < 1.29 is 38.1 Å². The summed E-state index contributed by atoms with van der Waals surface area (Å²) in [7, 11) is 1.37. The van der Waals surface area contributed by atoms with E-state index >= 15 is 0 Å². The Bertz CT molecular complexity index is 644. The summed E-state index contributed by atoms with van der Waals surface area (Å²) in [5.41, 5.74) is 0.333. The number of hydrogen-bond donors (Lipinski definition) is 0. The fraction of sp³-hybridized carbons (Fsp3) is 0.500. The first-order valence-electron chi connectivity index (χ1n) is 8.12. The number of ether oxygens (including phenoxy) is 5. The fourth-order valence-corrected chi connectivity index (χ4v) is 2.73. The molecule has 142 valence electrons. The topological polar surface area (TPSA) is 97.4 Å². The molecule has 1 aromatic rings. The minimum Gasteiger partial charge on any atom is -0.454 e. The number of carbonyl (C=O) groups is 3. The van der Waals surface area contributed by atoms with E-state index in [4.69, 9.17) is 23.7 Å². The minimum atomic E-state index is -1.08. The van der Waals surface area contributed by atoms with Crippen LogP contribution in [-0.4, -0.2) is 55.7 Å². The average molecular weight is 366 g/mol. The normalized spacial score (nSPS) is 28.1. The molecule has 1 saturated heterocycles. The molecule has 5 atom stereocenters. The molecule has 1 aliphatic heterocycles. The molecule has 1 aromatic carbocycles. The number of carbonyl (C=O) groups excluding carboxylic acids is 3. The van der Waals surface area contributed by atoms with Crippen molar-refractivity contribution >= 4 is 17.9 Å². The quantitative estimate of drug-likeness (QED) is 0.571. The Morgan fingerprint density at radius 1 is 0.885 bits per heavy atom. The molecule has 26 heavy (non-hydrogen) atoms. The molecule has 2 rings (SSSR count). The number of methoxy groups -OCH3 is 1. The minimum absolute atomic E-state index is 0.333. The molecule has 0 aromatic heterocycles. The lowest BCUT2D eigenvalue weighted by molar-refractivity contribution is -0.291. The van der Waals surface area contributed by atoms with Gasteiger partial charge in [0.2, 0.25) is 0 Å². The maximum Gasteiger partial charge on any atom is 0.338 e. The molecule has 0 saturated carbocycles. The van der Waals surface area contributed by atoms with Crippen molar-refractivity contribution in [3.05, 3.63) is 35.9 Å². The van der Waals surface area contributed by atoms with Crippen LogP contribution in [0.4, 0.5) is 0 Å². The van der Waals surface area contributed by atoms with Crippen LogP contribution in [0.5, 0.6) is 0 Å². The van der Waals surface area contributed by atoms with Crippen molar-refractivity contribution in [3.63, 3.8) is 0 Å². The first-order valence-corrected chi connectivity index (χ1v) is 8.12. The molecule has 0 aliphatic carbocycles. The number of rotatable bonds is 5. The Morgan fingerprint density at radius 2 is 1.46 bits per heavy atom. The zero-order valence-corrected chi connectivity index (χ0v) is 15.0. The van der Waals surface area contributed by atoms with Crippen LogP contribution in [-0.2, 0) is 33.3 Å². The lowest BCUT2D eigenvalue weighted by Crippen LogP contribution is -2.61. The highest BCUT2D eigenvalue weighted by molar-refractivity contribution is 5.89. The van der Waals surface area contributed by atoms with Crippen LogP contribution in [0.1, 0.15) is 31.1 Å². The summed E-state index contributed by atoms with van der Waals surface area (Å²) in [6, 6.07) is 8.36. The van der Waals surface area contributed by atoms with Crippen molar-refractivity contribution in [2.45, 2.75) is 51.5 Å². The molecule has 0 amide bonds. The van der Waals surface area contributed by atoms with E-state index in [9.17, 15) is 14.4 Å². The third-order valence-corrected chi connectivity index (χ3v) is 3.82. The molecule has 1 aliphatic rings. The van der Waals surface area contributed by atoms with Gasteiger partial charge in [-0.25, -0.2) is 4.79 Å². The van der Waals surface area contributed by atoms with Crippen LogP contribution >= 0.6 is 0 Å². The highest BCUT2D eigenvalue weighted by atomic mass is 16.7. The van der Waals surface area contributed by atoms with E-state index < -0.39 is 48.6 Å². The van der Waals surface area contributed by atoms with Gasteiger partial charge in [0.25, 0.3) is 0 Å². The second-order valence-electron chi connectivity index (χ2n) is 5.83. The highest BCUT2D eigenvalue weighted by Crippen LogP contribution is 2.29. The lowest BCUT2D eigenvalue weighted by atomic mass is 9.98. The predicted molar refractivity (Wildman–Crippen MR) is 88.1 cm³/mol. The van der Waals surface area contributed by atoms with Crippen LogP contribution in [0.2, 0.25) is 0 Å². The largest absolute Gasteiger partial charge is 0.454 e. The maximum absolute atomic E-state index is 12.4. The molecule has 1 heterocycles. The Hall–Kier alpha value is -2.45. The predicted octanol–water partition coefficient (Wildman–Crippen LogP) is 1.47. The summed E-state index contributed by atoms with van der Waals surface area (Å²) < 4.78 is 26.9. The SMILES string of the molecule is CO[C@H]1O[C@H](C)[C@H](OC(=O)c2ccccc2)[C@H](OC(C)=O)[C@H]1OC(C)=O. The van der Waals surface area contributed by atoms with Gasteiger partial charge in [-0.05, 0) is 19.1 Å². The van der Waals surface area contributed by atoms with Gasteiger partial charge in [0, 0.05) is 21.0 Å². The molecule has 0 spiro atoms. The molecule has 0 bridgehead atoms. The van der Waals surface area contributed by atoms with E-state index in [2.05, 4.69) is 0 Å². The van der Waals surface area contributed by atoms with Gasteiger partial charge >= 0.3 is 17.9 Å². The van der Waals surface area contributed by atoms with Crippen molar-refractivity contribution in [3.8, 4) is 0 Å². The lowest BCUT2D eigenvalue weighted by Gasteiger charge is -2.43.